The highest BCUT2D eigenvalue weighted by Gasteiger charge is 1.98. The van der Waals surface area contributed by atoms with Crippen molar-refractivity contribution in [1.82, 2.24) is 0 Å². The van der Waals surface area contributed by atoms with Crippen molar-refractivity contribution in [2.45, 2.75) is 0 Å². The smallest absolute Gasteiger partial charge is 0.0412 e. The van der Waals surface area contributed by atoms with Crippen molar-refractivity contribution in [3.05, 3.63) is 64.0 Å². The van der Waals surface area contributed by atoms with Gasteiger partial charge in [-0.15, -0.1) is 0 Å². The maximum absolute atomic E-state index is 8.36. The van der Waals surface area contributed by atoms with Gasteiger partial charge in [-0.1, -0.05) is 47.0 Å². The molecule has 78 valence electrons. The number of hydrogen-bond donors (Lipinski definition) is 0. The molecule has 0 radical (unpaired) electrons. The van der Waals surface area contributed by atoms with Gasteiger partial charge in [0.1, 0.15) is 0 Å². The minimum Gasteiger partial charge on any atom is -0.0843 e. The second kappa shape index (κ2) is 4.71. The molecule has 0 aliphatic carbocycles. The van der Waals surface area contributed by atoms with Crippen LogP contribution in [0.25, 0.3) is 21.6 Å². The molecule has 0 amide bonds. The number of benzene rings is 2. The Kier molecular flexibility index (Phi) is 3.10. The van der Waals surface area contributed by atoms with E-state index in [0.717, 1.165) is 11.1 Å². The predicted octanol–water partition coefficient (Wildman–Crippen LogP) is 4.95. The summed E-state index contributed by atoms with van der Waals surface area (Å²) in [4.78, 5) is 2.76. The molecule has 0 atom stereocenters. The van der Waals surface area contributed by atoms with Gasteiger partial charge in [0.05, 0.1) is 0 Å². The Morgan fingerprint density at radius 3 is 2.38 bits per heavy atom. The van der Waals surface area contributed by atoms with Crippen molar-refractivity contribution < 1.29 is 0 Å². The lowest BCUT2D eigenvalue weighted by Crippen LogP contribution is -1.76. The fourth-order valence-corrected chi connectivity index (χ4v) is 1.66. The van der Waals surface area contributed by atoms with Crippen LogP contribution in [0.1, 0.15) is 0 Å². The molecule has 3 nitrogen and oxygen atoms in total. The van der Waals surface area contributed by atoms with Gasteiger partial charge in [0.25, 0.3) is 0 Å². The lowest BCUT2D eigenvalue weighted by Gasteiger charge is -2.02. The molecular weight excluding hydrogens is 222 g/mol. The largest absolute Gasteiger partial charge is 0.0843 e. The van der Waals surface area contributed by atoms with Crippen molar-refractivity contribution in [3.8, 4) is 11.1 Å². The third-order valence-electron chi connectivity index (χ3n) is 2.16. The summed E-state index contributed by atoms with van der Waals surface area (Å²) < 4.78 is 0. The first kappa shape index (κ1) is 10.6. The fraction of sp³-hybridized carbons (Fsp3) is 0. The highest BCUT2D eigenvalue weighted by Crippen LogP contribution is 2.26. The fourth-order valence-electron chi connectivity index (χ4n) is 1.47. The zero-order chi connectivity index (χ0) is 11.4. The number of nitrogens with zero attached hydrogens (tertiary/aromatic N) is 3. The summed E-state index contributed by atoms with van der Waals surface area (Å²) in [6.45, 7) is 0. The Morgan fingerprint density at radius 2 is 1.69 bits per heavy atom. The maximum atomic E-state index is 8.36. The normalized spacial score (nSPS) is 9.56. The molecule has 0 unspecified atom stereocenters. The van der Waals surface area contributed by atoms with Crippen molar-refractivity contribution in [2.75, 3.05) is 0 Å². The highest BCUT2D eigenvalue weighted by molar-refractivity contribution is 6.30. The van der Waals surface area contributed by atoms with E-state index in [4.69, 9.17) is 17.1 Å². The average Bonchev–Trinajstić information content (AvgIpc) is 2.30. The van der Waals surface area contributed by atoms with Crippen LogP contribution in [0.15, 0.2) is 53.6 Å². The number of rotatable bonds is 2. The standard InChI is InChI=1S/C12H8ClN3/c13-11-5-1-3-9(7-11)10-4-2-6-12(8-10)15-16-14/h1-8H. The maximum Gasteiger partial charge on any atom is 0.0412 e. The first-order chi connectivity index (χ1) is 7.79. The summed E-state index contributed by atoms with van der Waals surface area (Å²) >= 11 is 5.91. The Balaban J connectivity index is 2.48. The first-order valence-electron chi connectivity index (χ1n) is 4.71. The lowest BCUT2D eigenvalue weighted by atomic mass is 10.1. The third-order valence-corrected chi connectivity index (χ3v) is 2.40. The predicted molar refractivity (Wildman–Crippen MR) is 65.7 cm³/mol. The van der Waals surface area contributed by atoms with Crippen LogP contribution in [-0.2, 0) is 0 Å². The van der Waals surface area contributed by atoms with E-state index in [9.17, 15) is 0 Å². The first-order valence-corrected chi connectivity index (χ1v) is 5.08. The van der Waals surface area contributed by atoms with Crippen LogP contribution in [0.3, 0.4) is 0 Å². The van der Waals surface area contributed by atoms with Crippen LogP contribution in [0.2, 0.25) is 5.02 Å². The summed E-state index contributed by atoms with van der Waals surface area (Å²) in [5.74, 6) is 0. The van der Waals surface area contributed by atoms with Gasteiger partial charge < -0.3 is 0 Å². The monoisotopic (exact) mass is 229 g/mol. The Bertz CT molecular complexity index is 560. The van der Waals surface area contributed by atoms with Crippen LogP contribution >= 0.6 is 11.6 Å². The summed E-state index contributed by atoms with van der Waals surface area (Å²) in [5, 5.41) is 4.25. The quantitative estimate of drug-likeness (QED) is 0.398. The molecule has 0 fully saturated rings. The van der Waals surface area contributed by atoms with Gasteiger partial charge in [-0.3, -0.25) is 0 Å². The summed E-state index contributed by atoms with van der Waals surface area (Å²) in [6.07, 6.45) is 0. The molecule has 16 heavy (non-hydrogen) atoms. The lowest BCUT2D eigenvalue weighted by molar-refractivity contribution is 1.47. The molecule has 0 saturated carbocycles. The molecule has 0 aliphatic heterocycles. The number of halogens is 1. The Hall–Kier alpha value is -1.96. The summed E-state index contributed by atoms with van der Waals surface area (Å²) in [5.41, 5.74) is 10.9. The van der Waals surface area contributed by atoms with E-state index in [1.807, 2.05) is 42.5 Å². The van der Waals surface area contributed by atoms with Crippen molar-refractivity contribution in [1.29, 1.82) is 0 Å². The van der Waals surface area contributed by atoms with Gasteiger partial charge in [-0.2, -0.15) is 0 Å². The topological polar surface area (TPSA) is 48.8 Å². The number of hydrogen-bond acceptors (Lipinski definition) is 1. The van der Waals surface area contributed by atoms with Gasteiger partial charge in [0, 0.05) is 15.6 Å². The van der Waals surface area contributed by atoms with E-state index >= 15 is 0 Å². The second-order valence-electron chi connectivity index (χ2n) is 3.25. The molecular formula is C12H8ClN3. The highest BCUT2D eigenvalue weighted by atomic mass is 35.5. The SMILES string of the molecule is [N-]=[N+]=Nc1cccc(-c2cccc(Cl)c2)c1. The van der Waals surface area contributed by atoms with Crippen molar-refractivity contribution in [2.24, 2.45) is 5.11 Å². The van der Waals surface area contributed by atoms with Crippen molar-refractivity contribution >= 4 is 17.3 Å². The van der Waals surface area contributed by atoms with Crippen LogP contribution in [-0.4, -0.2) is 0 Å². The molecule has 2 aromatic carbocycles. The average molecular weight is 230 g/mol. The van der Waals surface area contributed by atoms with E-state index in [2.05, 4.69) is 10.0 Å². The van der Waals surface area contributed by atoms with E-state index in [0.29, 0.717) is 10.7 Å². The van der Waals surface area contributed by atoms with Gasteiger partial charge in [0.2, 0.25) is 0 Å². The molecule has 0 saturated heterocycles. The summed E-state index contributed by atoms with van der Waals surface area (Å²) in [7, 11) is 0. The molecule has 0 N–H and O–H groups in total. The molecule has 0 aliphatic rings. The molecule has 0 spiro atoms. The minimum absolute atomic E-state index is 0.597. The minimum atomic E-state index is 0.597. The molecule has 0 aromatic heterocycles. The molecule has 2 rings (SSSR count). The number of azide groups is 1. The Labute approximate surface area is 97.9 Å². The van der Waals surface area contributed by atoms with Gasteiger partial charge in [-0.05, 0) is 34.9 Å². The molecule has 0 heterocycles. The van der Waals surface area contributed by atoms with Crippen molar-refractivity contribution in [3.63, 3.8) is 0 Å². The zero-order valence-electron chi connectivity index (χ0n) is 8.34. The van der Waals surface area contributed by atoms with Crippen LogP contribution in [0.5, 0.6) is 0 Å². The van der Waals surface area contributed by atoms with E-state index in [1.54, 1.807) is 6.07 Å². The van der Waals surface area contributed by atoms with E-state index in [1.165, 1.54) is 0 Å². The van der Waals surface area contributed by atoms with Gasteiger partial charge in [0.15, 0.2) is 0 Å². The van der Waals surface area contributed by atoms with Gasteiger partial charge in [-0.25, -0.2) is 0 Å². The molecule has 0 bridgehead atoms. The molecule has 2 aromatic rings. The zero-order valence-corrected chi connectivity index (χ0v) is 9.09. The second-order valence-corrected chi connectivity index (χ2v) is 3.69. The van der Waals surface area contributed by atoms with Crippen LogP contribution < -0.4 is 0 Å². The van der Waals surface area contributed by atoms with Crippen LogP contribution in [0, 0.1) is 0 Å². The van der Waals surface area contributed by atoms with E-state index in [-0.39, 0.29) is 0 Å². The summed E-state index contributed by atoms with van der Waals surface area (Å²) in [6, 6.07) is 14.9. The third kappa shape index (κ3) is 2.34. The van der Waals surface area contributed by atoms with Crippen LogP contribution in [0.4, 0.5) is 5.69 Å². The molecule has 4 heteroatoms. The Morgan fingerprint density at radius 1 is 1.00 bits per heavy atom. The van der Waals surface area contributed by atoms with E-state index < -0.39 is 0 Å². The van der Waals surface area contributed by atoms with Gasteiger partial charge >= 0.3 is 0 Å².